The fourth-order valence-electron chi connectivity index (χ4n) is 1.72. The lowest BCUT2D eigenvalue weighted by atomic mass is 10.1. The lowest BCUT2D eigenvalue weighted by Gasteiger charge is -2.19. The zero-order valence-electron chi connectivity index (χ0n) is 12.5. The number of methoxy groups -OCH3 is 1. The molecule has 1 aromatic rings. The minimum absolute atomic E-state index is 0. The van der Waals surface area contributed by atoms with Gasteiger partial charge in [0.05, 0.1) is 13.2 Å². The van der Waals surface area contributed by atoms with E-state index in [1.165, 1.54) is 12.4 Å². The van der Waals surface area contributed by atoms with Crippen molar-refractivity contribution < 1.29 is 42.5 Å². The molecule has 0 aliphatic heterocycles. The number of benzene rings is 1. The summed E-state index contributed by atoms with van der Waals surface area (Å²) in [5, 5.41) is 20.0. The summed E-state index contributed by atoms with van der Waals surface area (Å²) in [4.78, 5) is 23.4. The van der Waals surface area contributed by atoms with Crippen LogP contribution in [0.25, 0.3) is 0 Å². The van der Waals surface area contributed by atoms with Crippen LogP contribution in [0, 0.1) is 0 Å². The Hall–Kier alpha value is -2.53. The van der Waals surface area contributed by atoms with Crippen molar-refractivity contribution in [1.29, 1.82) is 0 Å². The molecule has 0 fully saturated rings. The Morgan fingerprint density at radius 3 is 2.28 bits per heavy atom. The summed E-state index contributed by atoms with van der Waals surface area (Å²) in [6.45, 7) is 1.17. The number of ether oxygens (including phenoxy) is 2. The van der Waals surface area contributed by atoms with Crippen LogP contribution >= 0.6 is 0 Å². The molecule has 0 saturated carbocycles. The van der Waals surface area contributed by atoms with Crippen LogP contribution in [-0.2, 0) is 4.79 Å². The Labute approximate surface area is 141 Å². The minimum Gasteiger partial charge on any atom is -0.493 e. The van der Waals surface area contributed by atoms with Gasteiger partial charge in [0.2, 0.25) is 0 Å². The fourth-order valence-corrected chi connectivity index (χ4v) is 1.72. The summed E-state index contributed by atoms with van der Waals surface area (Å²) in [5.41, 5.74) is 0.971. The van der Waals surface area contributed by atoms with Gasteiger partial charge in [0.1, 0.15) is 6.04 Å². The van der Waals surface area contributed by atoms with Crippen molar-refractivity contribution >= 4 is 11.8 Å². The molecule has 0 saturated heterocycles. The number of hydrogen-bond acceptors (Lipinski definition) is 6. The molecule has 2 atom stereocenters. The highest BCUT2D eigenvalue weighted by Gasteiger charge is 2.33. The molecule has 25 heavy (non-hydrogen) atoms. The molecule has 0 bridgehead atoms. The standard InChI is InChI=1S/C13H15F3N2O6.CH4/c1-6(19)10(12(21)18-22)17-11(20)7-3-4-8(23-2)9(5-7)24-13(14,15)16;/h3-6,10,19,22H,1-2H3,(H,17,20)(H,18,21);1H4/t6-,10+;/m1./s1. The molecule has 142 valence electrons. The van der Waals surface area contributed by atoms with Gasteiger partial charge < -0.3 is 19.9 Å². The lowest BCUT2D eigenvalue weighted by Crippen LogP contribution is -2.51. The molecule has 0 aliphatic rings. The first-order valence-electron chi connectivity index (χ1n) is 6.45. The fraction of sp³-hybridized carbons (Fsp3) is 0.429. The first-order chi connectivity index (χ1) is 11.1. The van der Waals surface area contributed by atoms with E-state index in [0.717, 1.165) is 25.3 Å². The average molecular weight is 368 g/mol. The van der Waals surface area contributed by atoms with E-state index in [1.807, 2.05) is 0 Å². The second-order valence-electron chi connectivity index (χ2n) is 4.58. The number of carbonyl (C=O) groups is 2. The monoisotopic (exact) mass is 368 g/mol. The highest BCUT2D eigenvalue weighted by molar-refractivity contribution is 5.98. The molecular formula is C14H19F3N2O6. The van der Waals surface area contributed by atoms with Crippen molar-refractivity contribution in [3.63, 3.8) is 0 Å². The molecule has 0 radical (unpaired) electrons. The average Bonchev–Trinajstić information content (AvgIpc) is 2.49. The predicted molar refractivity (Wildman–Crippen MR) is 79.3 cm³/mol. The van der Waals surface area contributed by atoms with Gasteiger partial charge in [-0.15, -0.1) is 13.2 Å². The highest BCUT2D eigenvalue weighted by Crippen LogP contribution is 2.32. The van der Waals surface area contributed by atoms with E-state index >= 15 is 0 Å². The number of nitrogens with one attached hydrogen (secondary N) is 2. The van der Waals surface area contributed by atoms with Gasteiger partial charge in [-0.05, 0) is 25.1 Å². The third kappa shape index (κ3) is 6.47. The normalized spacial score (nSPS) is 13.1. The van der Waals surface area contributed by atoms with Gasteiger partial charge in [0, 0.05) is 5.56 Å². The Bertz CT molecular complexity index is 607. The summed E-state index contributed by atoms with van der Waals surface area (Å²) < 4.78 is 45.6. The molecule has 0 unspecified atom stereocenters. The molecule has 1 aromatic carbocycles. The van der Waals surface area contributed by atoms with Crippen LogP contribution in [0.15, 0.2) is 18.2 Å². The molecule has 11 heteroatoms. The number of alkyl halides is 3. The Kier molecular flexibility index (Phi) is 8.16. The Morgan fingerprint density at radius 2 is 1.84 bits per heavy atom. The van der Waals surface area contributed by atoms with Crippen molar-refractivity contribution in [3.05, 3.63) is 23.8 Å². The van der Waals surface area contributed by atoms with Gasteiger partial charge in [0.25, 0.3) is 11.8 Å². The summed E-state index contributed by atoms with van der Waals surface area (Å²) in [7, 11) is 1.12. The van der Waals surface area contributed by atoms with Crippen molar-refractivity contribution in [3.8, 4) is 11.5 Å². The summed E-state index contributed by atoms with van der Waals surface area (Å²) >= 11 is 0. The Balaban J connectivity index is 0.00000576. The topological polar surface area (TPSA) is 117 Å². The van der Waals surface area contributed by atoms with Crippen LogP contribution < -0.4 is 20.3 Å². The van der Waals surface area contributed by atoms with Crippen LogP contribution in [0.4, 0.5) is 13.2 Å². The number of aliphatic hydroxyl groups excluding tert-OH is 1. The largest absolute Gasteiger partial charge is 0.573 e. The van der Waals surface area contributed by atoms with Crippen molar-refractivity contribution in [2.24, 2.45) is 0 Å². The van der Waals surface area contributed by atoms with Crippen LogP contribution in [0.2, 0.25) is 0 Å². The van der Waals surface area contributed by atoms with Gasteiger partial charge in [-0.1, -0.05) is 7.43 Å². The molecule has 0 heterocycles. The van der Waals surface area contributed by atoms with Crippen molar-refractivity contribution in [2.45, 2.75) is 32.9 Å². The van der Waals surface area contributed by atoms with E-state index in [0.29, 0.717) is 0 Å². The lowest BCUT2D eigenvalue weighted by molar-refractivity contribution is -0.275. The van der Waals surface area contributed by atoms with Crippen LogP contribution in [0.1, 0.15) is 24.7 Å². The van der Waals surface area contributed by atoms with Gasteiger partial charge in [0.15, 0.2) is 11.5 Å². The summed E-state index contributed by atoms with van der Waals surface area (Å²) in [6.07, 6.45) is -6.37. The molecule has 1 rings (SSSR count). The maximum atomic E-state index is 12.4. The van der Waals surface area contributed by atoms with E-state index in [2.05, 4.69) is 10.1 Å². The second-order valence-corrected chi connectivity index (χ2v) is 4.58. The molecule has 4 N–H and O–H groups in total. The maximum Gasteiger partial charge on any atom is 0.573 e. The number of aliphatic hydroxyl groups is 1. The Morgan fingerprint density at radius 1 is 1.24 bits per heavy atom. The summed E-state index contributed by atoms with van der Waals surface area (Å²) in [6, 6.07) is 1.45. The molecule has 0 spiro atoms. The van der Waals surface area contributed by atoms with Gasteiger partial charge in [-0.25, -0.2) is 5.48 Å². The summed E-state index contributed by atoms with van der Waals surface area (Å²) in [5.74, 6) is -3.08. The quantitative estimate of drug-likeness (QED) is 0.443. The molecule has 8 nitrogen and oxygen atoms in total. The smallest absolute Gasteiger partial charge is 0.493 e. The number of amides is 2. The van der Waals surface area contributed by atoms with E-state index in [9.17, 15) is 27.9 Å². The van der Waals surface area contributed by atoms with Crippen LogP contribution in [0.5, 0.6) is 11.5 Å². The van der Waals surface area contributed by atoms with Gasteiger partial charge >= 0.3 is 6.36 Å². The predicted octanol–water partition coefficient (Wildman–Crippen LogP) is 1.21. The zero-order valence-corrected chi connectivity index (χ0v) is 12.5. The number of carbonyl (C=O) groups excluding carboxylic acids is 2. The maximum absolute atomic E-state index is 12.4. The first kappa shape index (κ1) is 22.5. The molecule has 0 aliphatic carbocycles. The third-order valence-corrected chi connectivity index (χ3v) is 2.81. The molecule has 2 amide bonds. The number of rotatable bonds is 6. The van der Waals surface area contributed by atoms with E-state index in [-0.39, 0.29) is 18.7 Å². The molecular weight excluding hydrogens is 349 g/mol. The van der Waals surface area contributed by atoms with Gasteiger partial charge in [-0.2, -0.15) is 0 Å². The van der Waals surface area contributed by atoms with Crippen molar-refractivity contribution in [2.75, 3.05) is 7.11 Å². The van der Waals surface area contributed by atoms with E-state index in [4.69, 9.17) is 9.94 Å². The van der Waals surface area contributed by atoms with E-state index < -0.39 is 36.1 Å². The molecule has 0 aromatic heterocycles. The van der Waals surface area contributed by atoms with Crippen molar-refractivity contribution in [1.82, 2.24) is 10.8 Å². The van der Waals surface area contributed by atoms with E-state index in [1.54, 1.807) is 0 Å². The first-order valence-corrected chi connectivity index (χ1v) is 6.45. The zero-order chi connectivity index (χ0) is 18.5. The number of hydroxylamine groups is 1. The second kappa shape index (κ2) is 9.08. The number of halogens is 3. The van der Waals surface area contributed by atoms with Crippen LogP contribution in [0.3, 0.4) is 0 Å². The highest BCUT2D eigenvalue weighted by atomic mass is 19.4. The third-order valence-electron chi connectivity index (χ3n) is 2.81. The van der Waals surface area contributed by atoms with Gasteiger partial charge in [-0.3, -0.25) is 14.8 Å². The minimum atomic E-state index is -5.00. The SMILES string of the molecule is C.COc1ccc(C(=O)N[C@H](C(=O)NO)[C@@H](C)O)cc1OC(F)(F)F. The number of hydrogen-bond donors (Lipinski definition) is 4. The van der Waals surface area contributed by atoms with Crippen LogP contribution in [-0.4, -0.2) is 47.7 Å².